The Morgan fingerprint density at radius 2 is 2.11 bits per heavy atom. The van der Waals surface area contributed by atoms with Crippen molar-refractivity contribution < 1.29 is 0 Å². The number of hydrogen-bond donors (Lipinski definition) is 1. The first-order valence-corrected chi connectivity index (χ1v) is 7.10. The van der Waals surface area contributed by atoms with Crippen molar-refractivity contribution >= 4 is 11.6 Å². The lowest BCUT2D eigenvalue weighted by Gasteiger charge is -2.22. The minimum Gasteiger partial charge on any atom is -0.373 e. The number of nitrogens with one attached hydrogen (secondary N) is 1. The molecule has 1 saturated carbocycles. The average molecular weight is 248 g/mol. The molecule has 1 aliphatic rings. The van der Waals surface area contributed by atoms with Gasteiger partial charge >= 0.3 is 0 Å². The van der Waals surface area contributed by atoms with Crippen LogP contribution in [0.15, 0.2) is 6.07 Å². The molecule has 4 heteroatoms. The molecular weight excluding hydrogens is 224 g/mol. The standard InChI is InChI=1S/C14H24N4/c1-4-6-9-18(5-2)13-10-12(15-3)16-14(17-13)11-7-8-11/h10-11H,4-9H2,1-3H3,(H,15,16,17). The van der Waals surface area contributed by atoms with Gasteiger partial charge in [-0.05, 0) is 26.2 Å². The molecule has 1 aliphatic carbocycles. The summed E-state index contributed by atoms with van der Waals surface area (Å²) in [6, 6.07) is 2.06. The first-order chi connectivity index (χ1) is 8.78. The van der Waals surface area contributed by atoms with Crippen molar-refractivity contribution in [2.24, 2.45) is 0 Å². The Labute approximate surface area is 110 Å². The van der Waals surface area contributed by atoms with Crippen molar-refractivity contribution in [1.82, 2.24) is 9.97 Å². The lowest BCUT2D eigenvalue weighted by atomic mass is 10.3. The molecule has 0 aromatic carbocycles. The first-order valence-electron chi connectivity index (χ1n) is 7.10. The van der Waals surface area contributed by atoms with Gasteiger partial charge in [-0.3, -0.25) is 0 Å². The summed E-state index contributed by atoms with van der Waals surface area (Å²) in [4.78, 5) is 11.6. The van der Waals surface area contributed by atoms with E-state index in [1.54, 1.807) is 0 Å². The van der Waals surface area contributed by atoms with E-state index in [4.69, 9.17) is 4.98 Å². The summed E-state index contributed by atoms with van der Waals surface area (Å²) < 4.78 is 0. The maximum atomic E-state index is 4.74. The Kier molecular flexibility index (Phi) is 4.39. The number of nitrogens with zero attached hydrogens (tertiary/aromatic N) is 3. The zero-order valence-corrected chi connectivity index (χ0v) is 11.7. The first kappa shape index (κ1) is 13.1. The van der Waals surface area contributed by atoms with Crippen LogP contribution >= 0.6 is 0 Å². The van der Waals surface area contributed by atoms with Crippen molar-refractivity contribution in [3.8, 4) is 0 Å². The third kappa shape index (κ3) is 3.12. The topological polar surface area (TPSA) is 41.0 Å². The van der Waals surface area contributed by atoms with E-state index in [2.05, 4.69) is 35.1 Å². The van der Waals surface area contributed by atoms with E-state index < -0.39 is 0 Å². The molecule has 1 aromatic rings. The molecule has 4 nitrogen and oxygen atoms in total. The van der Waals surface area contributed by atoms with Crippen molar-refractivity contribution in [2.75, 3.05) is 30.4 Å². The van der Waals surface area contributed by atoms with Gasteiger partial charge in [0.1, 0.15) is 17.5 Å². The van der Waals surface area contributed by atoms with Crippen LogP contribution < -0.4 is 10.2 Å². The highest BCUT2D eigenvalue weighted by molar-refractivity contribution is 5.49. The molecule has 0 atom stereocenters. The largest absolute Gasteiger partial charge is 0.373 e. The number of unbranched alkanes of at least 4 members (excludes halogenated alkanes) is 1. The SMILES string of the molecule is CCCCN(CC)c1cc(NC)nc(C2CC2)n1. The van der Waals surface area contributed by atoms with Gasteiger partial charge in [-0.2, -0.15) is 0 Å². The summed E-state index contributed by atoms with van der Waals surface area (Å²) in [5.74, 6) is 3.64. The molecule has 0 bridgehead atoms. The van der Waals surface area contributed by atoms with Gasteiger partial charge in [0.25, 0.3) is 0 Å². The monoisotopic (exact) mass is 248 g/mol. The fraction of sp³-hybridized carbons (Fsp3) is 0.714. The molecule has 1 N–H and O–H groups in total. The van der Waals surface area contributed by atoms with E-state index >= 15 is 0 Å². The Bertz CT molecular complexity index is 387. The fourth-order valence-electron chi connectivity index (χ4n) is 2.05. The molecule has 0 radical (unpaired) electrons. The number of rotatable bonds is 7. The zero-order chi connectivity index (χ0) is 13.0. The minimum atomic E-state index is 0.599. The second kappa shape index (κ2) is 6.03. The molecule has 0 aliphatic heterocycles. The maximum absolute atomic E-state index is 4.74. The van der Waals surface area contributed by atoms with Gasteiger partial charge in [-0.25, -0.2) is 9.97 Å². The summed E-state index contributed by atoms with van der Waals surface area (Å²) in [5, 5.41) is 3.15. The summed E-state index contributed by atoms with van der Waals surface area (Å²) in [5.41, 5.74) is 0. The molecule has 1 heterocycles. The Hall–Kier alpha value is -1.32. The number of hydrogen-bond acceptors (Lipinski definition) is 4. The van der Waals surface area contributed by atoms with Crippen LogP contribution in [0.3, 0.4) is 0 Å². The quantitative estimate of drug-likeness (QED) is 0.805. The fourth-order valence-corrected chi connectivity index (χ4v) is 2.05. The van der Waals surface area contributed by atoms with Crippen molar-refractivity contribution in [3.63, 3.8) is 0 Å². The third-order valence-electron chi connectivity index (χ3n) is 3.42. The molecular formula is C14H24N4. The summed E-state index contributed by atoms with van der Waals surface area (Å²) in [7, 11) is 1.92. The number of anilines is 2. The van der Waals surface area contributed by atoms with Crippen molar-refractivity contribution in [3.05, 3.63) is 11.9 Å². The van der Waals surface area contributed by atoms with Crippen LogP contribution in [-0.4, -0.2) is 30.1 Å². The lowest BCUT2D eigenvalue weighted by molar-refractivity contribution is 0.719. The zero-order valence-electron chi connectivity index (χ0n) is 11.7. The predicted molar refractivity (Wildman–Crippen MR) is 76.3 cm³/mol. The molecule has 0 amide bonds. The van der Waals surface area contributed by atoms with E-state index in [1.807, 2.05) is 7.05 Å². The highest BCUT2D eigenvalue weighted by Gasteiger charge is 2.27. The Balaban J connectivity index is 2.20. The smallest absolute Gasteiger partial charge is 0.136 e. The lowest BCUT2D eigenvalue weighted by Crippen LogP contribution is -2.25. The van der Waals surface area contributed by atoms with Gasteiger partial charge in [-0.15, -0.1) is 0 Å². The van der Waals surface area contributed by atoms with E-state index in [-0.39, 0.29) is 0 Å². The van der Waals surface area contributed by atoms with Crippen LogP contribution in [0.25, 0.3) is 0 Å². The van der Waals surface area contributed by atoms with Gasteiger partial charge in [-0.1, -0.05) is 13.3 Å². The molecule has 1 aromatic heterocycles. The number of aromatic nitrogens is 2. The van der Waals surface area contributed by atoms with Gasteiger partial charge < -0.3 is 10.2 Å². The van der Waals surface area contributed by atoms with Gasteiger partial charge in [0, 0.05) is 32.1 Å². The van der Waals surface area contributed by atoms with Crippen LogP contribution in [0.1, 0.15) is 51.3 Å². The minimum absolute atomic E-state index is 0.599. The van der Waals surface area contributed by atoms with Crippen molar-refractivity contribution in [2.45, 2.75) is 45.4 Å². The maximum Gasteiger partial charge on any atom is 0.136 e. The molecule has 1 fully saturated rings. The summed E-state index contributed by atoms with van der Waals surface area (Å²) in [6.07, 6.45) is 4.92. The molecule has 0 spiro atoms. The highest BCUT2D eigenvalue weighted by Crippen LogP contribution is 2.39. The molecule has 0 saturated heterocycles. The van der Waals surface area contributed by atoms with Crippen LogP contribution in [0.2, 0.25) is 0 Å². The van der Waals surface area contributed by atoms with Crippen LogP contribution in [0.4, 0.5) is 11.6 Å². The summed E-state index contributed by atoms with van der Waals surface area (Å²) in [6.45, 7) is 6.50. The van der Waals surface area contributed by atoms with Gasteiger partial charge in [0.05, 0.1) is 0 Å². The van der Waals surface area contributed by atoms with Gasteiger partial charge in [0.2, 0.25) is 0 Å². The molecule has 2 rings (SSSR count). The normalized spacial score (nSPS) is 14.6. The second-order valence-corrected chi connectivity index (χ2v) is 4.93. The van der Waals surface area contributed by atoms with Crippen LogP contribution in [0.5, 0.6) is 0 Å². The van der Waals surface area contributed by atoms with Crippen LogP contribution in [-0.2, 0) is 0 Å². The molecule has 0 unspecified atom stereocenters. The highest BCUT2D eigenvalue weighted by atomic mass is 15.2. The van der Waals surface area contributed by atoms with E-state index in [9.17, 15) is 0 Å². The average Bonchev–Trinajstić information content (AvgIpc) is 3.23. The molecule has 18 heavy (non-hydrogen) atoms. The van der Waals surface area contributed by atoms with Gasteiger partial charge in [0.15, 0.2) is 0 Å². The second-order valence-electron chi connectivity index (χ2n) is 4.93. The van der Waals surface area contributed by atoms with Crippen LogP contribution in [0, 0.1) is 0 Å². The van der Waals surface area contributed by atoms with E-state index in [0.717, 1.165) is 30.5 Å². The Morgan fingerprint density at radius 3 is 2.67 bits per heavy atom. The summed E-state index contributed by atoms with van der Waals surface area (Å²) >= 11 is 0. The van der Waals surface area contributed by atoms with E-state index in [0.29, 0.717) is 5.92 Å². The predicted octanol–water partition coefficient (Wildman–Crippen LogP) is 3.02. The van der Waals surface area contributed by atoms with Crippen molar-refractivity contribution in [1.29, 1.82) is 0 Å². The van der Waals surface area contributed by atoms with E-state index in [1.165, 1.54) is 25.7 Å². The Morgan fingerprint density at radius 1 is 1.33 bits per heavy atom. The molecule has 100 valence electrons. The third-order valence-corrected chi connectivity index (χ3v) is 3.42.